The third-order valence-corrected chi connectivity index (χ3v) is 7.35. The maximum atomic E-state index is 12.7. The minimum absolute atomic E-state index is 0.0346. The molecule has 2 aliphatic carbocycles. The molecule has 3 aliphatic rings. The van der Waals surface area contributed by atoms with Crippen molar-refractivity contribution in [2.24, 2.45) is 0 Å². The SMILES string of the molecule is O=C(Nc1c2c(cc3c1CCC3)CCC2)NS(=O)(=O)c1ccc2c(c1)COB2O. The number of rotatable bonds is 3. The molecule has 0 aromatic heterocycles. The fourth-order valence-electron chi connectivity index (χ4n) is 4.66. The molecule has 3 N–H and O–H groups in total. The van der Waals surface area contributed by atoms with Gasteiger partial charge < -0.3 is 15.0 Å². The molecule has 0 spiro atoms. The van der Waals surface area contributed by atoms with Crippen LogP contribution in [0.2, 0.25) is 0 Å². The maximum absolute atomic E-state index is 12.7. The van der Waals surface area contributed by atoms with Gasteiger partial charge in [-0.15, -0.1) is 0 Å². The van der Waals surface area contributed by atoms with Crippen molar-refractivity contribution < 1.29 is 22.9 Å². The molecule has 0 radical (unpaired) electrons. The molecule has 9 heteroatoms. The summed E-state index contributed by atoms with van der Waals surface area (Å²) in [5, 5.41) is 12.5. The molecular weight excluding hydrogens is 391 g/mol. The second-order valence-corrected chi connectivity index (χ2v) is 9.50. The Bertz CT molecular complexity index is 1100. The van der Waals surface area contributed by atoms with Crippen LogP contribution in [-0.2, 0) is 47.0 Å². The van der Waals surface area contributed by atoms with E-state index in [2.05, 4.69) is 16.1 Å². The summed E-state index contributed by atoms with van der Waals surface area (Å²) in [5.41, 5.74) is 6.75. The highest BCUT2D eigenvalue weighted by molar-refractivity contribution is 7.90. The number of sulfonamides is 1. The zero-order chi connectivity index (χ0) is 20.2. The summed E-state index contributed by atoms with van der Waals surface area (Å²) in [6.07, 6.45) is 5.91. The van der Waals surface area contributed by atoms with E-state index in [4.69, 9.17) is 4.65 Å². The third kappa shape index (κ3) is 3.23. The number of carbonyl (C=O) groups excluding carboxylic acids is 1. The first kappa shape index (κ1) is 18.7. The summed E-state index contributed by atoms with van der Waals surface area (Å²) in [6, 6.07) is 5.81. The van der Waals surface area contributed by atoms with Crippen LogP contribution < -0.4 is 15.5 Å². The smallest absolute Gasteiger partial charge is 0.423 e. The van der Waals surface area contributed by atoms with Crippen LogP contribution in [-0.4, -0.2) is 26.6 Å². The van der Waals surface area contributed by atoms with Crippen molar-refractivity contribution in [3.8, 4) is 0 Å². The highest BCUT2D eigenvalue weighted by Crippen LogP contribution is 2.38. The second-order valence-electron chi connectivity index (χ2n) is 7.82. The van der Waals surface area contributed by atoms with Crippen LogP contribution in [0.1, 0.15) is 40.7 Å². The minimum Gasteiger partial charge on any atom is -0.423 e. The molecule has 2 amide bonds. The molecule has 0 unspecified atom stereocenters. The van der Waals surface area contributed by atoms with Gasteiger partial charge in [0.05, 0.1) is 11.5 Å². The Kier molecular flexibility index (Phi) is 4.41. The summed E-state index contributed by atoms with van der Waals surface area (Å²) in [4.78, 5) is 12.6. The first-order valence-electron chi connectivity index (χ1n) is 9.85. The largest absolute Gasteiger partial charge is 0.491 e. The van der Waals surface area contributed by atoms with Gasteiger partial charge in [-0.25, -0.2) is 17.9 Å². The number of nitrogens with one attached hydrogen (secondary N) is 2. The zero-order valence-electron chi connectivity index (χ0n) is 15.8. The molecule has 0 saturated carbocycles. The predicted molar refractivity (Wildman–Crippen MR) is 109 cm³/mol. The van der Waals surface area contributed by atoms with Crippen LogP contribution in [0.4, 0.5) is 10.5 Å². The number of amides is 2. The van der Waals surface area contributed by atoms with Crippen molar-refractivity contribution >= 4 is 34.3 Å². The lowest BCUT2D eigenvalue weighted by atomic mass is 9.80. The van der Waals surface area contributed by atoms with E-state index in [1.54, 1.807) is 0 Å². The van der Waals surface area contributed by atoms with Gasteiger partial charge in [0.2, 0.25) is 0 Å². The van der Waals surface area contributed by atoms with Crippen molar-refractivity contribution in [1.82, 2.24) is 4.72 Å². The van der Waals surface area contributed by atoms with Gasteiger partial charge in [0.15, 0.2) is 0 Å². The highest BCUT2D eigenvalue weighted by Gasteiger charge is 2.30. The molecule has 7 nitrogen and oxygen atoms in total. The number of aryl methyl sites for hydroxylation is 2. The van der Waals surface area contributed by atoms with Crippen LogP contribution in [0.15, 0.2) is 29.2 Å². The van der Waals surface area contributed by atoms with E-state index in [-0.39, 0.29) is 11.5 Å². The Morgan fingerprint density at radius 2 is 1.69 bits per heavy atom. The average molecular weight is 412 g/mol. The summed E-state index contributed by atoms with van der Waals surface area (Å²) >= 11 is 0. The van der Waals surface area contributed by atoms with Crippen LogP contribution in [0.25, 0.3) is 0 Å². The summed E-state index contributed by atoms with van der Waals surface area (Å²) < 4.78 is 32.6. The number of anilines is 1. The van der Waals surface area contributed by atoms with Crippen molar-refractivity contribution in [2.75, 3.05) is 5.32 Å². The van der Waals surface area contributed by atoms with E-state index < -0.39 is 23.2 Å². The fourth-order valence-corrected chi connectivity index (χ4v) is 5.62. The molecule has 150 valence electrons. The molecule has 1 aliphatic heterocycles. The Morgan fingerprint density at radius 3 is 2.38 bits per heavy atom. The topological polar surface area (TPSA) is 105 Å². The first-order valence-corrected chi connectivity index (χ1v) is 11.3. The first-order chi connectivity index (χ1) is 13.9. The maximum Gasteiger partial charge on any atom is 0.491 e. The highest BCUT2D eigenvalue weighted by atomic mass is 32.2. The Balaban J connectivity index is 1.39. The summed E-state index contributed by atoms with van der Waals surface area (Å²) in [6.45, 7) is 0.133. The van der Waals surface area contributed by atoms with Crippen LogP contribution >= 0.6 is 0 Å². The van der Waals surface area contributed by atoms with Gasteiger partial charge in [-0.3, -0.25) is 0 Å². The number of hydrogen-bond donors (Lipinski definition) is 3. The Hall–Kier alpha value is -2.36. The molecule has 0 bridgehead atoms. The Morgan fingerprint density at radius 1 is 1.00 bits per heavy atom. The zero-order valence-corrected chi connectivity index (χ0v) is 16.6. The molecule has 29 heavy (non-hydrogen) atoms. The van der Waals surface area contributed by atoms with Gasteiger partial charge in [0, 0.05) is 5.69 Å². The van der Waals surface area contributed by atoms with Crippen LogP contribution in [0.3, 0.4) is 0 Å². The van der Waals surface area contributed by atoms with E-state index in [9.17, 15) is 18.2 Å². The summed E-state index contributed by atoms with van der Waals surface area (Å²) in [5.74, 6) is 0. The third-order valence-electron chi connectivity index (χ3n) is 6.03. The number of fused-ring (bicyclic) bond motifs is 3. The van der Waals surface area contributed by atoms with Crippen molar-refractivity contribution in [3.05, 3.63) is 52.1 Å². The van der Waals surface area contributed by atoms with E-state index >= 15 is 0 Å². The molecule has 0 saturated heterocycles. The monoisotopic (exact) mass is 412 g/mol. The fraction of sp³-hybridized carbons (Fsp3) is 0.350. The second kappa shape index (κ2) is 6.86. The van der Waals surface area contributed by atoms with Crippen molar-refractivity contribution in [2.45, 2.75) is 50.0 Å². The van der Waals surface area contributed by atoms with E-state index in [0.717, 1.165) is 55.3 Å². The van der Waals surface area contributed by atoms with Gasteiger partial charge in [0.25, 0.3) is 10.0 Å². The lowest BCUT2D eigenvalue weighted by molar-refractivity contribution is 0.256. The van der Waals surface area contributed by atoms with Gasteiger partial charge in [-0.2, -0.15) is 0 Å². The van der Waals surface area contributed by atoms with Crippen molar-refractivity contribution in [1.29, 1.82) is 0 Å². The number of urea groups is 1. The standard InChI is InChI=1S/C20H21BN2O5S/c24-20(22-19-16-5-1-3-12(16)9-13-4-2-6-17(13)19)23-29(26,27)15-7-8-18-14(10-15)11-28-21(18)25/h7-10,25H,1-6,11H2,(H2,22,23,24). The lowest BCUT2D eigenvalue weighted by Gasteiger charge is -2.16. The summed E-state index contributed by atoms with van der Waals surface area (Å²) in [7, 11) is -5.09. The number of benzene rings is 2. The van der Waals surface area contributed by atoms with Crippen LogP contribution in [0.5, 0.6) is 0 Å². The molecule has 1 heterocycles. The van der Waals surface area contributed by atoms with Gasteiger partial charge >= 0.3 is 13.1 Å². The quantitative estimate of drug-likeness (QED) is 0.661. The van der Waals surface area contributed by atoms with Crippen molar-refractivity contribution in [3.63, 3.8) is 0 Å². The predicted octanol–water partition coefficient (Wildman–Crippen LogP) is 1.39. The number of carbonyl (C=O) groups is 1. The minimum atomic E-state index is -4.05. The van der Waals surface area contributed by atoms with Gasteiger partial charge in [0.1, 0.15) is 0 Å². The van der Waals surface area contributed by atoms with Gasteiger partial charge in [-0.05, 0) is 83.9 Å². The van der Waals surface area contributed by atoms with Gasteiger partial charge in [-0.1, -0.05) is 12.1 Å². The van der Waals surface area contributed by atoms with Crippen LogP contribution in [0, 0.1) is 0 Å². The molecule has 2 aromatic carbocycles. The van der Waals surface area contributed by atoms with E-state index in [1.165, 1.54) is 29.3 Å². The molecule has 5 rings (SSSR count). The molecule has 2 aromatic rings. The molecular formula is C20H21BN2O5S. The lowest BCUT2D eigenvalue weighted by Crippen LogP contribution is -2.35. The van der Waals surface area contributed by atoms with E-state index in [1.807, 2.05) is 0 Å². The number of hydrogen-bond acceptors (Lipinski definition) is 5. The van der Waals surface area contributed by atoms with E-state index in [0.29, 0.717) is 11.0 Å². The molecule has 0 atom stereocenters. The average Bonchev–Trinajstić information content (AvgIpc) is 3.41. The molecule has 0 fully saturated rings. The Labute approximate surface area is 169 Å². The normalized spacial score (nSPS) is 17.1.